The molecule has 0 bridgehead atoms. The Bertz CT molecular complexity index is 433. The van der Waals surface area contributed by atoms with E-state index in [9.17, 15) is 9.90 Å². The van der Waals surface area contributed by atoms with E-state index in [4.69, 9.17) is 0 Å². The van der Waals surface area contributed by atoms with Crippen molar-refractivity contribution in [1.82, 2.24) is 5.32 Å². The van der Waals surface area contributed by atoms with Gasteiger partial charge in [-0.05, 0) is 31.9 Å². The molecular formula is C16H23NO2S. The van der Waals surface area contributed by atoms with Crippen LogP contribution in [0.25, 0.3) is 0 Å². The Morgan fingerprint density at radius 2 is 2.10 bits per heavy atom. The lowest BCUT2D eigenvalue weighted by Crippen LogP contribution is -2.32. The molecule has 1 saturated carbocycles. The summed E-state index contributed by atoms with van der Waals surface area (Å²) in [5.41, 5.74) is 1.25. The Labute approximate surface area is 125 Å². The van der Waals surface area contributed by atoms with Crippen molar-refractivity contribution in [2.24, 2.45) is 5.92 Å². The molecule has 1 aliphatic carbocycles. The molecule has 1 fully saturated rings. The molecule has 0 aliphatic heterocycles. The number of carbonyl (C=O) groups is 1. The number of aliphatic hydroxyl groups excluding tert-OH is 1. The molecule has 1 amide bonds. The largest absolute Gasteiger partial charge is 0.393 e. The molecule has 2 N–H and O–H groups in total. The zero-order chi connectivity index (χ0) is 14.4. The molecule has 1 aromatic rings. The molecule has 0 aromatic heterocycles. The predicted molar refractivity (Wildman–Crippen MR) is 82.9 cm³/mol. The zero-order valence-corrected chi connectivity index (χ0v) is 12.8. The van der Waals surface area contributed by atoms with Crippen molar-refractivity contribution in [3.63, 3.8) is 0 Å². The van der Waals surface area contributed by atoms with Gasteiger partial charge in [-0.3, -0.25) is 4.79 Å². The maximum atomic E-state index is 11.7. The van der Waals surface area contributed by atoms with Gasteiger partial charge in [0.2, 0.25) is 5.91 Å². The molecule has 2 atom stereocenters. The summed E-state index contributed by atoms with van der Waals surface area (Å²) in [5.74, 6) is 1.13. The highest BCUT2D eigenvalue weighted by atomic mass is 32.2. The molecule has 0 saturated heterocycles. The van der Waals surface area contributed by atoms with Gasteiger partial charge in [-0.25, -0.2) is 0 Å². The number of nitrogens with one attached hydrogen (secondary N) is 1. The van der Waals surface area contributed by atoms with Crippen LogP contribution in [-0.2, 0) is 4.79 Å². The van der Waals surface area contributed by atoms with Crippen LogP contribution in [-0.4, -0.2) is 29.4 Å². The second-order valence-corrected chi connectivity index (χ2v) is 6.64. The average molecular weight is 293 g/mol. The molecule has 110 valence electrons. The maximum absolute atomic E-state index is 11.7. The number of hydrogen-bond acceptors (Lipinski definition) is 3. The Kier molecular flexibility index (Phi) is 5.92. The fourth-order valence-electron chi connectivity index (χ4n) is 2.48. The first-order valence-corrected chi connectivity index (χ1v) is 8.28. The SMILES string of the molecule is Cc1ccc(SCCC(=O)NCC2CCCC2O)cc1. The van der Waals surface area contributed by atoms with Crippen molar-refractivity contribution in [2.45, 2.75) is 43.6 Å². The number of benzene rings is 1. The van der Waals surface area contributed by atoms with Crippen LogP contribution in [0.3, 0.4) is 0 Å². The topological polar surface area (TPSA) is 49.3 Å². The summed E-state index contributed by atoms with van der Waals surface area (Å²) in [4.78, 5) is 12.9. The van der Waals surface area contributed by atoms with Gasteiger partial charge in [0.25, 0.3) is 0 Å². The predicted octanol–water partition coefficient (Wildman–Crippen LogP) is 2.75. The van der Waals surface area contributed by atoms with Gasteiger partial charge >= 0.3 is 0 Å². The molecule has 20 heavy (non-hydrogen) atoms. The van der Waals surface area contributed by atoms with Gasteiger partial charge < -0.3 is 10.4 Å². The van der Waals surface area contributed by atoms with E-state index in [1.165, 1.54) is 10.5 Å². The molecule has 0 spiro atoms. The minimum Gasteiger partial charge on any atom is -0.393 e. The number of aliphatic hydroxyl groups is 1. The van der Waals surface area contributed by atoms with Crippen molar-refractivity contribution in [1.29, 1.82) is 0 Å². The normalized spacial score (nSPS) is 21.9. The first-order valence-electron chi connectivity index (χ1n) is 7.29. The van der Waals surface area contributed by atoms with Crippen LogP contribution in [0.5, 0.6) is 0 Å². The van der Waals surface area contributed by atoms with Gasteiger partial charge in [-0.2, -0.15) is 0 Å². The van der Waals surface area contributed by atoms with Crippen LogP contribution in [0.1, 0.15) is 31.2 Å². The quantitative estimate of drug-likeness (QED) is 0.793. The van der Waals surface area contributed by atoms with E-state index in [-0.39, 0.29) is 17.9 Å². The minimum absolute atomic E-state index is 0.0868. The fraction of sp³-hybridized carbons (Fsp3) is 0.562. The maximum Gasteiger partial charge on any atom is 0.220 e. The van der Waals surface area contributed by atoms with E-state index in [1.54, 1.807) is 11.8 Å². The first kappa shape index (κ1) is 15.4. The zero-order valence-electron chi connectivity index (χ0n) is 12.0. The number of amides is 1. The van der Waals surface area contributed by atoms with Gasteiger partial charge in [0.05, 0.1) is 6.10 Å². The van der Waals surface area contributed by atoms with Crippen LogP contribution in [0, 0.1) is 12.8 Å². The molecule has 4 heteroatoms. The number of aryl methyl sites for hydroxylation is 1. The van der Waals surface area contributed by atoms with Crippen molar-refractivity contribution >= 4 is 17.7 Å². The van der Waals surface area contributed by atoms with Gasteiger partial charge in [0, 0.05) is 29.5 Å². The van der Waals surface area contributed by atoms with Gasteiger partial charge in [-0.1, -0.05) is 24.1 Å². The first-order chi connectivity index (χ1) is 9.65. The smallest absolute Gasteiger partial charge is 0.220 e. The molecule has 0 heterocycles. The molecule has 1 aliphatic rings. The van der Waals surface area contributed by atoms with Crippen LogP contribution in [0.15, 0.2) is 29.2 Å². The summed E-state index contributed by atoms with van der Waals surface area (Å²) >= 11 is 1.71. The molecule has 0 radical (unpaired) electrons. The standard InChI is InChI=1S/C16H23NO2S/c1-12-5-7-14(8-6-12)20-10-9-16(19)17-11-13-3-2-4-15(13)18/h5-8,13,15,18H,2-4,9-11H2,1H3,(H,17,19). The van der Waals surface area contributed by atoms with Crippen molar-refractivity contribution in [2.75, 3.05) is 12.3 Å². The number of hydrogen-bond donors (Lipinski definition) is 2. The van der Waals surface area contributed by atoms with E-state index in [0.29, 0.717) is 13.0 Å². The number of carbonyl (C=O) groups excluding carboxylic acids is 1. The Morgan fingerprint density at radius 1 is 1.35 bits per heavy atom. The summed E-state index contributed by atoms with van der Waals surface area (Å²) in [6.45, 7) is 2.69. The summed E-state index contributed by atoms with van der Waals surface area (Å²) in [6, 6.07) is 8.35. The Hall–Kier alpha value is -1.00. The van der Waals surface area contributed by atoms with E-state index < -0.39 is 0 Å². The van der Waals surface area contributed by atoms with Crippen LogP contribution in [0.4, 0.5) is 0 Å². The van der Waals surface area contributed by atoms with Crippen molar-refractivity contribution in [3.05, 3.63) is 29.8 Å². The van der Waals surface area contributed by atoms with Gasteiger partial charge in [0.15, 0.2) is 0 Å². The summed E-state index contributed by atoms with van der Waals surface area (Å²) in [5, 5.41) is 12.6. The van der Waals surface area contributed by atoms with Crippen molar-refractivity contribution < 1.29 is 9.90 Å². The third-order valence-electron chi connectivity index (χ3n) is 3.80. The third kappa shape index (κ3) is 4.84. The lowest BCUT2D eigenvalue weighted by atomic mass is 10.1. The van der Waals surface area contributed by atoms with E-state index >= 15 is 0 Å². The van der Waals surface area contributed by atoms with E-state index in [1.807, 2.05) is 0 Å². The lowest BCUT2D eigenvalue weighted by molar-refractivity contribution is -0.120. The Morgan fingerprint density at radius 3 is 2.75 bits per heavy atom. The average Bonchev–Trinajstić information content (AvgIpc) is 2.84. The highest BCUT2D eigenvalue weighted by molar-refractivity contribution is 7.99. The summed E-state index contributed by atoms with van der Waals surface area (Å²) in [7, 11) is 0. The lowest BCUT2D eigenvalue weighted by Gasteiger charge is -2.14. The second-order valence-electron chi connectivity index (χ2n) is 5.47. The second kappa shape index (κ2) is 7.70. The van der Waals surface area contributed by atoms with Crippen LogP contribution < -0.4 is 5.32 Å². The molecule has 1 aromatic carbocycles. The fourth-order valence-corrected chi connectivity index (χ4v) is 3.34. The van der Waals surface area contributed by atoms with Gasteiger partial charge in [0.1, 0.15) is 0 Å². The van der Waals surface area contributed by atoms with Crippen molar-refractivity contribution in [3.8, 4) is 0 Å². The van der Waals surface area contributed by atoms with E-state index in [0.717, 1.165) is 25.0 Å². The molecular weight excluding hydrogens is 270 g/mol. The Balaban J connectivity index is 1.61. The number of thioether (sulfide) groups is 1. The van der Waals surface area contributed by atoms with Gasteiger partial charge in [-0.15, -0.1) is 11.8 Å². The van der Waals surface area contributed by atoms with Crippen LogP contribution >= 0.6 is 11.8 Å². The monoisotopic (exact) mass is 293 g/mol. The molecule has 2 rings (SSSR count). The summed E-state index contributed by atoms with van der Waals surface area (Å²) in [6.07, 6.45) is 3.28. The third-order valence-corrected chi connectivity index (χ3v) is 4.81. The highest BCUT2D eigenvalue weighted by Crippen LogP contribution is 2.24. The van der Waals surface area contributed by atoms with E-state index in [2.05, 4.69) is 36.5 Å². The molecule has 2 unspecified atom stereocenters. The molecule has 3 nitrogen and oxygen atoms in total. The van der Waals surface area contributed by atoms with Crippen LogP contribution in [0.2, 0.25) is 0 Å². The minimum atomic E-state index is -0.225. The summed E-state index contributed by atoms with van der Waals surface area (Å²) < 4.78 is 0. The highest BCUT2D eigenvalue weighted by Gasteiger charge is 2.25. The number of rotatable bonds is 6.